The summed E-state index contributed by atoms with van der Waals surface area (Å²) >= 11 is 5.43. The molecule has 0 radical (unpaired) electrons. The first-order valence-corrected chi connectivity index (χ1v) is 10.8. The second kappa shape index (κ2) is 11.8. The fourth-order valence-electron chi connectivity index (χ4n) is 3.07. The third kappa shape index (κ3) is 6.62. The number of nitrogens with zero attached hydrogens (tertiary/aromatic N) is 1. The Kier molecular flexibility index (Phi) is 9.48. The van der Waals surface area contributed by atoms with Crippen LogP contribution in [0, 0.1) is 10.6 Å². The molecule has 2 rings (SSSR count). The van der Waals surface area contributed by atoms with Gasteiger partial charge in [0.05, 0.1) is 24.6 Å². The van der Waals surface area contributed by atoms with Gasteiger partial charge in [0.15, 0.2) is 0 Å². The third-order valence-corrected chi connectivity index (χ3v) is 5.56. The summed E-state index contributed by atoms with van der Waals surface area (Å²) in [7, 11) is 1.99. The van der Waals surface area contributed by atoms with E-state index in [0.29, 0.717) is 13.2 Å². The van der Waals surface area contributed by atoms with Crippen molar-refractivity contribution in [3.05, 3.63) is 35.0 Å². The Labute approximate surface area is 173 Å². The van der Waals surface area contributed by atoms with E-state index >= 15 is 0 Å². The summed E-state index contributed by atoms with van der Waals surface area (Å²) < 4.78 is 14.1. The number of fused-ring (bicyclic) bond motifs is 1. The van der Waals surface area contributed by atoms with Gasteiger partial charge in [-0.1, -0.05) is 63.9 Å². The number of aryl methyl sites for hydroxylation is 1. The predicted molar refractivity (Wildman–Crippen MR) is 117 cm³/mol. The molecule has 154 valence electrons. The quantitative estimate of drug-likeness (QED) is 0.240. The largest absolute Gasteiger partial charge is 0.493 e. The number of benzene rings is 1. The van der Waals surface area contributed by atoms with Gasteiger partial charge in [-0.05, 0) is 31.4 Å². The molecule has 28 heavy (non-hydrogen) atoms. The van der Waals surface area contributed by atoms with Gasteiger partial charge in [0, 0.05) is 18.5 Å². The molecule has 4 nitrogen and oxygen atoms in total. The molecule has 0 spiro atoms. The first-order chi connectivity index (χ1) is 13.5. The Balaban J connectivity index is 1.60. The molecule has 5 heteroatoms. The van der Waals surface area contributed by atoms with E-state index in [2.05, 4.69) is 12.1 Å². The topological polar surface area (TPSA) is 40.5 Å². The molecule has 0 fully saturated rings. The zero-order valence-electron chi connectivity index (χ0n) is 17.4. The van der Waals surface area contributed by atoms with Crippen LogP contribution >= 0.6 is 12.2 Å². The van der Waals surface area contributed by atoms with Crippen LogP contribution in [-0.2, 0) is 16.6 Å². The number of rotatable bonds is 12. The van der Waals surface area contributed by atoms with Gasteiger partial charge >= 0.3 is 5.97 Å². The van der Waals surface area contributed by atoms with Crippen molar-refractivity contribution in [2.45, 2.75) is 58.8 Å². The van der Waals surface area contributed by atoms with Crippen LogP contribution in [0.15, 0.2) is 30.3 Å². The number of aromatic nitrogens is 1. The molecule has 0 N–H and O–H groups in total. The number of unbranched alkanes of at least 4 members (excludes halogenated alkanes) is 5. The van der Waals surface area contributed by atoms with Gasteiger partial charge in [-0.15, -0.1) is 0 Å². The highest BCUT2D eigenvalue weighted by Crippen LogP contribution is 2.26. The molecule has 0 aliphatic carbocycles. The Hall–Kier alpha value is -1.88. The Morgan fingerprint density at radius 3 is 2.43 bits per heavy atom. The van der Waals surface area contributed by atoms with Crippen LogP contribution in [0.5, 0.6) is 5.75 Å². The van der Waals surface area contributed by atoms with E-state index in [9.17, 15) is 4.79 Å². The minimum atomic E-state index is -0.0658. The lowest BCUT2D eigenvalue weighted by Gasteiger charge is -2.12. The van der Waals surface area contributed by atoms with E-state index in [0.717, 1.165) is 53.4 Å². The highest BCUT2D eigenvalue weighted by atomic mass is 32.1. The number of carbonyl (C=O) groups excluding carboxylic acids is 1. The lowest BCUT2D eigenvalue weighted by Crippen LogP contribution is -2.14. The Bertz CT molecular complexity index is 815. The highest BCUT2D eigenvalue weighted by molar-refractivity contribution is 7.71. The maximum Gasteiger partial charge on any atom is 0.308 e. The van der Waals surface area contributed by atoms with E-state index in [1.54, 1.807) is 0 Å². The summed E-state index contributed by atoms with van der Waals surface area (Å²) in [5, 5.41) is 1.10. The summed E-state index contributed by atoms with van der Waals surface area (Å²) in [6.45, 7) is 5.18. The van der Waals surface area contributed by atoms with Crippen LogP contribution in [0.25, 0.3) is 10.9 Å². The summed E-state index contributed by atoms with van der Waals surface area (Å²) in [6, 6.07) is 10.1. The number of para-hydroxylation sites is 1. The summed E-state index contributed by atoms with van der Waals surface area (Å²) in [5.41, 5.74) is 1.10. The molecule has 1 unspecified atom stereocenters. The average molecular weight is 404 g/mol. The summed E-state index contributed by atoms with van der Waals surface area (Å²) in [6.07, 6.45) is 7.42. The van der Waals surface area contributed by atoms with Gasteiger partial charge in [-0.25, -0.2) is 0 Å². The molecule has 0 saturated heterocycles. The van der Waals surface area contributed by atoms with Gasteiger partial charge in [0.2, 0.25) is 0 Å². The number of hydrogen-bond acceptors (Lipinski definition) is 4. The number of carbonyl (C=O) groups is 1. The number of esters is 1. The zero-order valence-corrected chi connectivity index (χ0v) is 18.2. The molecule has 0 amide bonds. The highest BCUT2D eigenvalue weighted by Gasteiger charge is 2.11. The van der Waals surface area contributed by atoms with Crippen molar-refractivity contribution in [2.24, 2.45) is 13.0 Å². The SMILES string of the molecule is CCC(C)C(=O)OCCCCCCCCOc1cc(=S)n(C)c2ccccc12. The molecule has 0 saturated carbocycles. The first kappa shape index (κ1) is 22.4. The van der Waals surface area contributed by atoms with Gasteiger partial charge in [-0.3, -0.25) is 4.79 Å². The van der Waals surface area contributed by atoms with Crippen LogP contribution in [0.2, 0.25) is 0 Å². The smallest absolute Gasteiger partial charge is 0.308 e. The lowest BCUT2D eigenvalue weighted by atomic mass is 10.1. The maximum absolute atomic E-state index is 11.6. The molecule has 0 aliphatic heterocycles. The molecule has 2 aromatic rings. The van der Waals surface area contributed by atoms with Crippen LogP contribution in [0.4, 0.5) is 0 Å². The zero-order chi connectivity index (χ0) is 20.4. The summed E-state index contributed by atoms with van der Waals surface area (Å²) in [4.78, 5) is 11.6. The van der Waals surface area contributed by atoms with Gasteiger partial charge < -0.3 is 14.0 Å². The maximum atomic E-state index is 11.6. The van der Waals surface area contributed by atoms with E-state index in [1.807, 2.05) is 43.7 Å². The average Bonchev–Trinajstić information content (AvgIpc) is 2.71. The second-order valence-electron chi connectivity index (χ2n) is 7.37. The molecule has 1 atom stereocenters. The van der Waals surface area contributed by atoms with E-state index in [4.69, 9.17) is 21.7 Å². The number of hydrogen-bond donors (Lipinski definition) is 0. The van der Waals surface area contributed by atoms with Crippen molar-refractivity contribution in [3.63, 3.8) is 0 Å². The van der Waals surface area contributed by atoms with E-state index in [-0.39, 0.29) is 11.9 Å². The molecule has 1 aromatic carbocycles. The fraction of sp³-hybridized carbons (Fsp3) is 0.565. The van der Waals surface area contributed by atoms with Crippen molar-refractivity contribution in [3.8, 4) is 5.75 Å². The van der Waals surface area contributed by atoms with Crippen molar-refractivity contribution >= 4 is 29.1 Å². The Morgan fingerprint density at radius 2 is 1.71 bits per heavy atom. The third-order valence-electron chi connectivity index (χ3n) is 5.17. The fourth-order valence-corrected chi connectivity index (χ4v) is 3.28. The van der Waals surface area contributed by atoms with E-state index in [1.165, 1.54) is 12.8 Å². The summed E-state index contributed by atoms with van der Waals surface area (Å²) in [5.74, 6) is 0.826. The molecule has 0 aliphatic rings. The lowest BCUT2D eigenvalue weighted by molar-refractivity contribution is -0.148. The van der Waals surface area contributed by atoms with Crippen molar-refractivity contribution < 1.29 is 14.3 Å². The van der Waals surface area contributed by atoms with Crippen molar-refractivity contribution in [2.75, 3.05) is 13.2 Å². The van der Waals surface area contributed by atoms with Crippen LogP contribution in [0.1, 0.15) is 58.8 Å². The molecule has 0 bridgehead atoms. The number of pyridine rings is 1. The van der Waals surface area contributed by atoms with E-state index < -0.39 is 0 Å². The van der Waals surface area contributed by atoms with Crippen LogP contribution in [-0.4, -0.2) is 23.8 Å². The second-order valence-corrected chi connectivity index (χ2v) is 7.79. The van der Waals surface area contributed by atoms with Gasteiger partial charge in [-0.2, -0.15) is 0 Å². The van der Waals surface area contributed by atoms with Crippen LogP contribution < -0.4 is 4.74 Å². The normalized spacial score (nSPS) is 12.1. The Morgan fingerprint density at radius 1 is 1.07 bits per heavy atom. The first-order valence-electron chi connectivity index (χ1n) is 10.4. The molecular weight excluding hydrogens is 370 g/mol. The van der Waals surface area contributed by atoms with Gasteiger partial charge in [0.1, 0.15) is 10.4 Å². The van der Waals surface area contributed by atoms with Crippen molar-refractivity contribution in [1.82, 2.24) is 4.57 Å². The minimum Gasteiger partial charge on any atom is -0.493 e. The monoisotopic (exact) mass is 403 g/mol. The molecule has 1 heterocycles. The minimum absolute atomic E-state index is 0.0148. The predicted octanol–water partition coefficient (Wildman–Crippen LogP) is 6.22. The molecule has 1 aromatic heterocycles. The number of ether oxygens (including phenoxy) is 2. The van der Waals surface area contributed by atoms with Crippen molar-refractivity contribution in [1.29, 1.82) is 0 Å². The standard InChI is InChI=1S/C23H33NO3S/c1-4-18(2)23(25)27-16-12-8-6-5-7-11-15-26-21-17-22(28)24(3)20-14-10-9-13-19(20)21/h9-10,13-14,17-18H,4-8,11-12,15-16H2,1-3H3. The van der Waals surface area contributed by atoms with Crippen LogP contribution in [0.3, 0.4) is 0 Å². The molecular formula is C23H33NO3S. The van der Waals surface area contributed by atoms with Gasteiger partial charge in [0.25, 0.3) is 0 Å².